The molecule has 3 N–H and O–H groups in total. The molecule has 0 amide bonds. The van der Waals surface area contributed by atoms with Gasteiger partial charge < -0.3 is 15.6 Å². The van der Waals surface area contributed by atoms with Gasteiger partial charge in [0.05, 0.1) is 11.1 Å². The highest BCUT2D eigenvalue weighted by molar-refractivity contribution is 6.00. The summed E-state index contributed by atoms with van der Waals surface area (Å²) >= 11 is 0. The number of anilines is 1. The summed E-state index contributed by atoms with van der Waals surface area (Å²) in [6, 6.07) is 1.95. The van der Waals surface area contributed by atoms with Gasteiger partial charge in [0.2, 0.25) is 6.86 Å². The summed E-state index contributed by atoms with van der Waals surface area (Å²) in [4.78, 5) is 0. The van der Waals surface area contributed by atoms with Gasteiger partial charge >= 0.3 is 0 Å². The van der Waals surface area contributed by atoms with E-state index in [1.165, 1.54) is 6.07 Å². The second kappa shape index (κ2) is 5.11. The summed E-state index contributed by atoms with van der Waals surface area (Å²) in [5.41, 5.74) is 6.07. The maximum absolute atomic E-state index is 13.9. The summed E-state index contributed by atoms with van der Waals surface area (Å²) < 4.78 is 44.8. The number of hydrogen-bond acceptors (Lipinski definition) is 3. The Morgan fingerprint density at radius 1 is 1.20 bits per heavy atom. The lowest BCUT2D eigenvalue weighted by molar-refractivity contribution is 0.186. The van der Waals surface area contributed by atoms with Gasteiger partial charge in [-0.1, -0.05) is 13.8 Å². The van der Waals surface area contributed by atoms with Crippen molar-refractivity contribution < 1.29 is 23.0 Å². The molecule has 0 radical (unpaired) electrons. The molecule has 108 valence electrons. The van der Waals surface area contributed by atoms with Crippen LogP contribution in [0.25, 0.3) is 10.8 Å². The molecule has 0 atom stereocenters. The van der Waals surface area contributed by atoms with Crippen LogP contribution in [0, 0.1) is 11.6 Å². The Bertz CT molecular complexity index is 671. The Morgan fingerprint density at radius 2 is 1.85 bits per heavy atom. The van der Waals surface area contributed by atoms with Crippen LogP contribution in [0.15, 0.2) is 12.1 Å². The van der Waals surface area contributed by atoms with Crippen LogP contribution in [-0.4, -0.2) is 12.0 Å². The molecule has 0 aliphatic carbocycles. The number of benzene rings is 2. The molecule has 0 spiro atoms. The Morgan fingerprint density at radius 3 is 2.40 bits per heavy atom. The second-order valence-electron chi connectivity index (χ2n) is 4.73. The fraction of sp³-hybridized carbons (Fsp3) is 0.286. The molecule has 2 aromatic carbocycles. The molecule has 3 nitrogen and oxygen atoms in total. The van der Waals surface area contributed by atoms with Crippen molar-refractivity contribution in [2.45, 2.75) is 19.8 Å². The highest BCUT2D eigenvalue weighted by atomic mass is 19.1. The normalized spacial score (nSPS) is 11.3. The van der Waals surface area contributed by atoms with E-state index in [1.54, 1.807) is 13.8 Å². The summed E-state index contributed by atoms with van der Waals surface area (Å²) in [5, 5.41) is 9.63. The fourth-order valence-corrected chi connectivity index (χ4v) is 2.21. The van der Waals surface area contributed by atoms with E-state index in [9.17, 15) is 18.3 Å². The average molecular weight is 285 g/mol. The lowest BCUT2D eigenvalue weighted by Gasteiger charge is -2.17. The second-order valence-corrected chi connectivity index (χ2v) is 4.73. The number of nitrogens with two attached hydrogens (primary N) is 1. The van der Waals surface area contributed by atoms with E-state index in [1.807, 2.05) is 0 Å². The Kier molecular flexibility index (Phi) is 3.65. The number of alkyl halides is 1. The number of aromatic hydroxyl groups is 1. The van der Waals surface area contributed by atoms with E-state index < -0.39 is 30.0 Å². The average Bonchev–Trinajstić information content (AvgIpc) is 2.37. The third-order valence-electron chi connectivity index (χ3n) is 3.12. The van der Waals surface area contributed by atoms with E-state index in [4.69, 9.17) is 5.73 Å². The predicted octanol–water partition coefficient (Wildman–Crippen LogP) is 3.84. The molecule has 0 heterocycles. The monoisotopic (exact) mass is 285 g/mol. The molecule has 0 fully saturated rings. The van der Waals surface area contributed by atoms with Crippen LogP contribution in [0.1, 0.15) is 25.3 Å². The van der Waals surface area contributed by atoms with Gasteiger partial charge in [0.25, 0.3) is 0 Å². The van der Waals surface area contributed by atoms with Crippen molar-refractivity contribution in [3.63, 3.8) is 0 Å². The summed E-state index contributed by atoms with van der Waals surface area (Å²) in [7, 11) is 0. The van der Waals surface area contributed by atoms with Crippen LogP contribution in [0.5, 0.6) is 11.5 Å². The summed E-state index contributed by atoms with van der Waals surface area (Å²) in [5.74, 6) is -3.09. The molecule has 6 heteroatoms. The highest BCUT2D eigenvalue weighted by Crippen LogP contribution is 2.43. The topological polar surface area (TPSA) is 55.5 Å². The first-order valence-electron chi connectivity index (χ1n) is 6.00. The van der Waals surface area contributed by atoms with Crippen molar-refractivity contribution in [1.82, 2.24) is 0 Å². The quantitative estimate of drug-likeness (QED) is 0.665. The van der Waals surface area contributed by atoms with Crippen LogP contribution in [0.3, 0.4) is 0 Å². The lowest BCUT2D eigenvalue weighted by atomic mass is 9.93. The minimum atomic E-state index is -1.26. The van der Waals surface area contributed by atoms with Crippen molar-refractivity contribution in [3.05, 3.63) is 29.3 Å². The highest BCUT2D eigenvalue weighted by Gasteiger charge is 2.22. The molecule has 20 heavy (non-hydrogen) atoms. The standard InChI is InChI=1S/C14H14F3NO2/c1-6(2)7-3-10(18)13(19)12-8(16)4-9(17)14(11(7)12)20-5-15/h3-4,6,19H,5,18H2,1-2H3. The number of halogens is 3. The SMILES string of the molecule is CC(C)c1cc(N)c(O)c2c(F)cc(F)c(OCF)c12. The Hall–Kier alpha value is -2.11. The van der Waals surface area contributed by atoms with Gasteiger partial charge in [0.1, 0.15) is 11.6 Å². The molecule has 0 saturated heterocycles. The molecular weight excluding hydrogens is 271 g/mol. The van der Waals surface area contributed by atoms with Crippen LogP contribution >= 0.6 is 0 Å². The minimum Gasteiger partial charge on any atom is -0.505 e. The first-order chi connectivity index (χ1) is 9.38. The number of nitrogen functional groups attached to an aromatic ring is 1. The molecule has 2 aromatic rings. The molecule has 0 bridgehead atoms. The zero-order chi connectivity index (χ0) is 15.0. The van der Waals surface area contributed by atoms with Gasteiger partial charge in [-0.3, -0.25) is 0 Å². The van der Waals surface area contributed by atoms with E-state index in [2.05, 4.69) is 4.74 Å². The third-order valence-corrected chi connectivity index (χ3v) is 3.12. The van der Waals surface area contributed by atoms with Crippen molar-refractivity contribution >= 4 is 16.5 Å². The maximum atomic E-state index is 13.9. The first-order valence-corrected chi connectivity index (χ1v) is 6.00. The van der Waals surface area contributed by atoms with Gasteiger partial charge in [-0.25, -0.2) is 13.2 Å². The molecule has 0 saturated carbocycles. The summed E-state index contributed by atoms with van der Waals surface area (Å²) in [6.45, 7) is 2.31. The van der Waals surface area contributed by atoms with Crippen LogP contribution < -0.4 is 10.5 Å². The lowest BCUT2D eigenvalue weighted by Crippen LogP contribution is -2.02. The Balaban J connectivity index is 3.02. The predicted molar refractivity (Wildman–Crippen MR) is 70.6 cm³/mol. The zero-order valence-corrected chi connectivity index (χ0v) is 11.0. The molecule has 0 aliphatic rings. The molecular formula is C14H14F3NO2. The van der Waals surface area contributed by atoms with Crippen molar-refractivity contribution in [1.29, 1.82) is 0 Å². The van der Waals surface area contributed by atoms with E-state index in [0.29, 0.717) is 11.6 Å². The van der Waals surface area contributed by atoms with E-state index in [-0.39, 0.29) is 22.4 Å². The number of rotatable bonds is 3. The van der Waals surface area contributed by atoms with Crippen LogP contribution in [0.2, 0.25) is 0 Å². The van der Waals surface area contributed by atoms with Crippen molar-refractivity contribution in [3.8, 4) is 11.5 Å². The zero-order valence-electron chi connectivity index (χ0n) is 11.0. The number of ether oxygens (including phenoxy) is 1. The number of phenolic OH excluding ortho intramolecular Hbond substituents is 1. The van der Waals surface area contributed by atoms with Crippen molar-refractivity contribution in [2.75, 3.05) is 12.6 Å². The molecule has 0 aromatic heterocycles. The largest absolute Gasteiger partial charge is 0.505 e. The van der Waals surface area contributed by atoms with Gasteiger partial charge in [0, 0.05) is 11.5 Å². The first kappa shape index (κ1) is 14.3. The fourth-order valence-electron chi connectivity index (χ4n) is 2.21. The number of hydrogen-bond donors (Lipinski definition) is 2. The summed E-state index contributed by atoms with van der Waals surface area (Å²) in [6.07, 6.45) is 0. The smallest absolute Gasteiger partial charge is 0.228 e. The van der Waals surface area contributed by atoms with Crippen LogP contribution in [-0.2, 0) is 0 Å². The minimum absolute atomic E-state index is 0.00171. The Labute approximate surface area is 113 Å². The number of phenols is 1. The molecule has 0 aliphatic heterocycles. The van der Waals surface area contributed by atoms with Crippen molar-refractivity contribution in [2.24, 2.45) is 0 Å². The van der Waals surface area contributed by atoms with Gasteiger partial charge in [0.15, 0.2) is 11.6 Å². The maximum Gasteiger partial charge on any atom is 0.228 e. The van der Waals surface area contributed by atoms with E-state index >= 15 is 0 Å². The van der Waals surface area contributed by atoms with Crippen LogP contribution in [0.4, 0.5) is 18.9 Å². The third kappa shape index (κ3) is 2.11. The number of fused-ring (bicyclic) bond motifs is 1. The molecule has 2 rings (SSSR count). The van der Waals surface area contributed by atoms with Gasteiger partial charge in [-0.05, 0) is 17.5 Å². The molecule has 0 unspecified atom stereocenters. The van der Waals surface area contributed by atoms with E-state index in [0.717, 1.165) is 0 Å². The van der Waals surface area contributed by atoms with Gasteiger partial charge in [-0.2, -0.15) is 0 Å². The van der Waals surface area contributed by atoms with Gasteiger partial charge in [-0.15, -0.1) is 0 Å².